The van der Waals surface area contributed by atoms with E-state index >= 15 is 0 Å². The van der Waals surface area contributed by atoms with Crippen molar-refractivity contribution < 1.29 is 9.53 Å². The fourth-order valence-electron chi connectivity index (χ4n) is 5.21. The predicted octanol–water partition coefficient (Wildman–Crippen LogP) is 5.06. The van der Waals surface area contributed by atoms with Gasteiger partial charge in [-0.1, -0.05) is 32.9 Å². The lowest BCUT2D eigenvalue weighted by molar-refractivity contribution is -0.126. The molecule has 186 valence electrons. The molecule has 2 saturated heterocycles. The highest BCUT2D eigenvalue weighted by atomic mass is 16.5. The van der Waals surface area contributed by atoms with Crippen LogP contribution in [0, 0.1) is 19.8 Å². The van der Waals surface area contributed by atoms with Crippen LogP contribution >= 0.6 is 0 Å². The van der Waals surface area contributed by atoms with Gasteiger partial charge < -0.3 is 15.0 Å². The molecule has 2 aromatic carbocycles. The van der Waals surface area contributed by atoms with E-state index < -0.39 is 0 Å². The van der Waals surface area contributed by atoms with Crippen molar-refractivity contribution in [2.45, 2.75) is 65.3 Å². The minimum Gasteiger partial charge on any atom is -0.379 e. The monoisotopic (exact) mass is 474 g/mol. The summed E-state index contributed by atoms with van der Waals surface area (Å²) in [6.45, 7) is 14.1. The summed E-state index contributed by atoms with van der Waals surface area (Å²) in [7, 11) is 0. The number of carbonyl (C=O) groups excluding carboxylic acids is 1. The molecule has 1 atom stereocenters. The number of anilines is 1. The minimum absolute atomic E-state index is 0.0558. The maximum absolute atomic E-state index is 12.8. The van der Waals surface area contributed by atoms with Crippen LogP contribution in [0.2, 0.25) is 0 Å². The van der Waals surface area contributed by atoms with Crippen molar-refractivity contribution in [2.24, 2.45) is 5.92 Å². The summed E-state index contributed by atoms with van der Waals surface area (Å²) < 4.78 is 7.71. The van der Waals surface area contributed by atoms with Crippen molar-refractivity contribution >= 4 is 22.9 Å². The van der Waals surface area contributed by atoms with E-state index in [0.29, 0.717) is 6.61 Å². The molecular formula is C29H38N4O2. The van der Waals surface area contributed by atoms with Crippen LogP contribution in [-0.2, 0) is 14.9 Å². The predicted molar refractivity (Wildman–Crippen MR) is 142 cm³/mol. The van der Waals surface area contributed by atoms with E-state index in [4.69, 9.17) is 9.72 Å². The van der Waals surface area contributed by atoms with Crippen LogP contribution in [0.1, 0.15) is 56.7 Å². The molecule has 2 fully saturated rings. The first-order valence-corrected chi connectivity index (χ1v) is 12.9. The molecule has 0 aliphatic carbocycles. The fourth-order valence-corrected chi connectivity index (χ4v) is 5.21. The van der Waals surface area contributed by atoms with Gasteiger partial charge in [0, 0.05) is 31.3 Å². The summed E-state index contributed by atoms with van der Waals surface area (Å²) in [5.74, 6) is 1.20. The molecule has 0 unspecified atom stereocenters. The van der Waals surface area contributed by atoms with Crippen LogP contribution < -0.4 is 10.2 Å². The zero-order chi connectivity index (χ0) is 24.7. The number of hydrogen-bond acceptors (Lipinski definition) is 4. The van der Waals surface area contributed by atoms with Gasteiger partial charge in [-0.25, -0.2) is 4.98 Å². The van der Waals surface area contributed by atoms with Crippen molar-refractivity contribution in [3.05, 3.63) is 53.1 Å². The van der Waals surface area contributed by atoms with Gasteiger partial charge in [0.2, 0.25) is 11.9 Å². The molecule has 2 aliphatic heterocycles. The molecular weight excluding hydrogens is 436 g/mol. The Labute approximate surface area is 208 Å². The summed E-state index contributed by atoms with van der Waals surface area (Å²) in [5.41, 5.74) is 7.22. The second-order valence-electron chi connectivity index (χ2n) is 11.3. The van der Waals surface area contributed by atoms with Crippen LogP contribution in [0.15, 0.2) is 36.4 Å². The largest absolute Gasteiger partial charge is 0.379 e. The lowest BCUT2D eigenvalue weighted by Gasteiger charge is -2.33. The first kappa shape index (κ1) is 23.9. The molecule has 5 rings (SSSR count). The molecule has 0 bridgehead atoms. The number of aryl methyl sites for hydroxylation is 2. The highest BCUT2D eigenvalue weighted by Crippen LogP contribution is 2.33. The lowest BCUT2D eigenvalue weighted by atomic mass is 9.87. The van der Waals surface area contributed by atoms with E-state index in [1.165, 1.54) is 16.7 Å². The average Bonchev–Trinajstić information content (AvgIpc) is 3.47. The molecule has 35 heavy (non-hydrogen) atoms. The summed E-state index contributed by atoms with van der Waals surface area (Å²) >= 11 is 0. The minimum atomic E-state index is 0.0558. The Morgan fingerprint density at radius 3 is 2.34 bits per heavy atom. The molecule has 2 aliphatic rings. The number of carbonyl (C=O) groups is 1. The normalized spacial score (nSPS) is 19.5. The number of benzene rings is 2. The van der Waals surface area contributed by atoms with Crippen molar-refractivity contribution in [1.29, 1.82) is 0 Å². The Kier molecular flexibility index (Phi) is 6.34. The van der Waals surface area contributed by atoms with Crippen molar-refractivity contribution in [3.63, 3.8) is 0 Å². The maximum Gasteiger partial charge on any atom is 0.223 e. The number of fused-ring (bicyclic) bond motifs is 1. The molecule has 1 N–H and O–H groups in total. The Morgan fingerprint density at radius 1 is 1.03 bits per heavy atom. The molecule has 1 aromatic heterocycles. The fraction of sp³-hybridized carbons (Fsp3) is 0.517. The Bertz CT molecular complexity index is 1210. The summed E-state index contributed by atoms with van der Waals surface area (Å²) in [6.07, 6.45) is 2.59. The standard InChI is InChI=1S/C29H38N4O2/c1-19-16-25-26(17-20(19)2)33(24-8-6-22(7-9-24)29(3,4)5)28(31-25)32-13-10-21(11-14-32)27(34)30-23-12-15-35-18-23/h6-9,16-17,21,23H,10-15,18H2,1-5H3,(H,30,34)/t23-/m1/s1. The second-order valence-corrected chi connectivity index (χ2v) is 11.3. The number of ether oxygens (including phenoxy) is 1. The molecule has 0 radical (unpaired) electrons. The van der Waals surface area contributed by atoms with Crippen LogP contribution in [-0.4, -0.2) is 47.8 Å². The van der Waals surface area contributed by atoms with Gasteiger partial charge in [0.15, 0.2) is 0 Å². The van der Waals surface area contributed by atoms with Gasteiger partial charge in [-0.2, -0.15) is 0 Å². The Morgan fingerprint density at radius 2 is 1.71 bits per heavy atom. The van der Waals surface area contributed by atoms with Crippen LogP contribution in [0.3, 0.4) is 0 Å². The number of amides is 1. The van der Waals surface area contributed by atoms with Crippen molar-refractivity contribution in [2.75, 3.05) is 31.2 Å². The highest BCUT2D eigenvalue weighted by Gasteiger charge is 2.30. The van der Waals surface area contributed by atoms with Gasteiger partial charge in [0.05, 0.1) is 23.7 Å². The van der Waals surface area contributed by atoms with E-state index in [-0.39, 0.29) is 23.3 Å². The third-order valence-corrected chi connectivity index (χ3v) is 7.67. The molecule has 6 heteroatoms. The van der Waals surface area contributed by atoms with Crippen LogP contribution in [0.4, 0.5) is 5.95 Å². The molecule has 0 saturated carbocycles. The molecule has 3 aromatic rings. The second kappa shape index (κ2) is 9.30. The van der Waals surface area contributed by atoms with Crippen LogP contribution in [0.25, 0.3) is 16.7 Å². The number of imidazole rings is 1. The van der Waals surface area contributed by atoms with E-state index in [1.54, 1.807) is 0 Å². The first-order chi connectivity index (χ1) is 16.7. The van der Waals surface area contributed by atoms with Gasteiger partial charge in [-0.15, -0.1) is 0 Å². The molecule has 3 heterocycles. The summed E-state index contributed by atoms with van der Waals surface area (Å²) in [4.78, 5) is 20.3. The first-order valence-electron chi connectivity index (χ1n) is 12.9. The molecule has 0 spiro atoms. The maximum atomic E-state index is 12.8. The van der Waals surface area contributed by atoms with Crippen LogP contribution in [0.5, 0.6) is 0 Å². The number of rotatable bonds is 4. The zero-order valence-electron chi connectivity index (χ0n) is 21.7. The third-order valence-electron chi connectivity index (χ3n) is 7.67. The molecule has 6 nitrogen and oxygen atoms in total. The van der Waals surface area contributed by atoms with E-state index in [9.17, 15) is 4.79 Å². The van der Waals surface area contributed by atoms with Gasteiger partial charge in [0.1, 0.15) is 0 Å². The van der Waals surface area contributed by atoms with E-state index in [2.05, 4.69) is 85.8 Å². The summed E-state index contributed by atoms with van der Waals surface area (Å²) in [5, 5.41) is 3.19. The smallest absolute Gasteiger partial charge is 0.223 e. The van der Waals surface area contributed by atoms with Gasteiger partial charge >= 0.3 is 0 Å². The van der Waals surface area contributed by atoms with Gasteiger partial charge in [-0.05, 0) is 79.5 Å². The quantitative estimate of drug-likeness (QED) is 0.574. The average molecular weight is 475 g/mol. The number of nitrogens with one attached hydrogen (secondary N) is 1. The van der Waals surface area contributed by atoms with Crippen molar-refractivity contribution in [1.82, 2.24) is 14.9 Å². The topological polar surface area (TPSA) is 59.4 Å². The van der Waals surface area contributed by atoms with Gasteiger partial charge in [0.25, 0.3) is 0 Å². The number of aromatic nitrogens is 2. The zero-order valence-corrected chi connectivity index (χ0v) is 21.7. The van der Waals surface area contributed by atoms with Gasteiger partial charge in [-0.3, -0.25) is 9.36 Å². The number of hydrogen-bond donors (Lipinski definition) is 1. The number of nitrogens with zero attached hydrogens (tertiary/aromatic N) is 3. The van der Waals surface area contributed by atoms with E-state index in [1.807, 2.05) is 0 Å². The SMILES string of the molecule is Cc1cc2nc(N3CCC(C(=O)N[C@@H]4CCOC4)CC3)n(-c3ccc(C(C)(C)C)cc3)c2cc1C. The summed E-state index contributed by atoms with van der Waals surface area (Å²) in [6, 6.07) is 13.5. The van der Waals surface area contributed by atoms with Crippen molar-refractivity contribution in [3.8, 4) is 5.69 Å². The Hall–Kier alpha value is -2.86. The highest BCUT2D eigenvalue weighted by molar-refractivity contribution is 5.83. The van der Waals surface area contributed by atoms with E-state index in [0.717, 1.165) is 61.6 Å². The molecule has 1 amide bonds. The Balaban J connectivity index is 1.43. The lowest BCUT2D eigenvalue weighted by Crippen LogP contribution is -2.44. The number of piperidine rings is 1. The third kappa shape index (κ3) is 4.81.